The molecule has 1 atom stereocenters. The van der Waals surface area contributed by atoms with Crippen molar-refractivity contribution in [3.63, 3.8) is 0 Å². The van der Waals surface area contributed by atoms with Crippen molar-refractivity contribution in [3.8, 4) is 0 Å². The number of aryl methyl sites for hydroxylation is 1. The van der Waals surface area contributed by atoms with Crippen LogP contribution in [0, 0.1) is 6.92 Å². The molecule has 0 radical (unpaired) electrons. The van der Waals surface area contributed by atoms with Crippen LogP contribution < -0.4 is 5.32 Å². The number of nitrogens with one attached hydrogen (secondary N) is 1. The van der Waals surface area contributed by atoms with E-state index in [2.05, 4.69) is 16.9 Å². The lowest BCUT2D eigenvalue weighted by molar-refractivity contribution is -0.141. The number of hydrogen-bond acceptors (Lipinski definition) is 5. The van der Waals surface area contributed by atoms with Crippen molar-refractivity contribution in [1.29, 1.82) is 0 Å². The molecule has 0 saturated carbocycles. The van der Waals surface area contributed by atoms with E-state index in [1.54, 1.807) is 23.1 Å². The Balaban J connectivity index is 2.22. The van der Waals surface area contributed by atoms with Crippen molar-refractivity contribution in [1.82, 2.24) is 10.3 Å². The fourth-order valence-corrected chi connectivity index (χ4v) is 3.02. The van der Waals surface area contributed by atoms with Crippen LogP contribution in [0.2, 0.25) is 0 Å². The van der Waals surface area contributed by atoms with Crippen LogP contribution in [0.1, 0.15) is 23.5 Å². The smallest absolute Gasteiger partial charge is 0.326 e. The molecule has 110 valence electrons. The molecule has 0 aliphatic carbocycles. The molecule has 0 aliphatic heterocycles. The van der Waals surface area contributed by atoms with Gasteiger partial charge in [0.15, 0.2) is 0 Å². The number of carbonyl (C=O) groups is 2. The van der Waals surface area contributed by atoms with Crippen molar-refractivity contribution < 1.29 is 14.7 Å². The Morgan fingerprint density at radius 1 is 1.65 bits per heavy atom. The first kappa shape index (κ1) is 16.7. The second-order valence-corrected chi connectivity index (χ2v) is 6.31. The third-order valence-corrected chi connectivity index (χ3v) is 4.24. The van der Waals surface area contributed by atoms with Gasteiger partial charge < -0.3 is 10.4 Å². The topological polar surface area (TPSA) is 79.3 Å². The minimum Gasteiger partial charge on any atom is -0.480 e. The zero-order valence-corrected chi connectivity index (χ0v) is 12.9. The summed E-state index contributed by atoms with van der Waals surface area (Å²) in [5, 5.41) is 14.4. The molecule has 2 N–H and O–H groups in total. The third-order valence-electron chi connectivity index (χ3n) is 2.43. The van der Waals surface area contributed by atoms with Crippen molar-refractivity contribution in [3.05, 3.63) is 28.7 Å². The average molecular weight is 314 g/mol. The summed E-state index contributed by atoms with van der Waals surface area (Å²) in [6.45, 7) is 5.43. The standard InChI is InChI=1S/C13H18N2O3S2/c1-3-4-11(13(17)18)15-12(16)5-6-19-7-10-8-20-9(2)14-10/h3,8,11H,1,4-7H2,2H3,(H,15,16)(H,17,18). The Labute approximate surface area is 126 Å². The molecule has 0 saturated heterocycles. The van der Waals surface area contributed by atoms with Gasteiger partial charge in [-0.25, -0.2) is 9.78 Å². The third kappa shape index (κ3) is 6.21. The van der Waals surface area contributed by atoms with Gasteiger partial charge in [-0.1, -0.05) is 6.08 Å². The lowest BCUT2D eigenvalue weighted by atomic mass is 10.2. The Kier molecular flexibility index (Phi) is 7.32. The normalized spacial score (nSPS) is 11.8. The van der Waals surface area contributed by atoms with E-state index in [0.717, 1.165) is 16.5 Å². The molecule has 1 amide bonds. The largest absolute Gasteiger partial charge is 0.480 e. The van der Waals surface area contributed by atoms with Gasteiger partial charge in [-0.2, -0.15) is 11.8 Å². The van der Waals surface area contributed by atoms with Crippen molar-refractivity contribution in [2.24, 2.45) is 0 Å². The number of aromatic nitrogens is 1. The van der Waals surface area contributed by atoms with Gasteiger partial charge in [0.25, 0.3) is 0 Å². The number of thioether (sulfide) groups is 1. The van der Waals surface area contributed by atoms with Crippen LogP contribution in [-0.2, 0) is 15.3 Å². The number of thiazole rings is 1. The van der Waals surface area contributed by atoms with Crippen LogP contribution in [0.15, 0.2) is 18.0 Å². The minimum atomic E-state index is -1.04. The van der Waals surface area contributed by atoms with E-state index in [0.29, 0.717) is 12.2 Å². The number of aliphatic carboxylic acids is 1. The Bertz CT molecular complexity index is 474. The quantitative estimate of drug-likeness (QED) is 0.540. The summed E-state index contributed by atoms with van der Waals surface area (Å²) in [6, 6.07) is -0.883. The highest BCUT2D eigenvalue weighted by Crippen LogP contribution is 2.15. The van der Waals surface area contributed by atoms with E-state index in [1.165, 1.54) is 6.08 Å². The van der Waals surface area contributed by atoms with Crippen LogP contribution in [-0.4, -0.2) is 33.8 Å². The van der Waals surface area contributed by atoms with Gasteiger partial charge in [0.05, 0.1) is 10.7 Å². The number of rotatable bonds is 9. The highest BCUT2D eigenvalue weighted by Gasteiger charge is 2.17. The molecule has 1 rings (SSSR count). The van der Waals surface area contributed by atoms with Gasteiger partial charge in [-0.15, -0.1) is 17.9 Å². The summed E-state index contributed by atoms with van der Waals surface area (Å²) in [5.74, 6) is 0.125. The number of hydrogen-bond donors (Lipinski definition) is 2. The molecule has 1 aromatic heterocycles. The first-order chi connectivity index (χ1) is 9.52. The fourth-order valence-electron chi connectivity index (χ4n) is 1.47. The van der Waals surface area contributed by atoms with Gasteiger partial charge in [-0.05, 0) is 13.3 Å². The predicted octanol–water partition coefficient (Wildman–Crippen LogP) is 2.22. The second-order valence-electron chi connectivity index (χ2n) is 4.14. The molecule has 0 aromatic carbocycles. The molecule has 0 spiro atoms. The molecule has 0 fully saturated rings. The highest BCUT2D eigenvalue weighted by molar-refractivity contribution is 7.98. The van der Waals surface area contributed by atoms with Gasteiger partial charge in [0.1, 0.15) is 6.04 Å². The molecular weight excluding hydrogens is 296 g/mol. The zero-order chi connectivity index (χ0) is 15.0. The SMILES string of the molecule is C=CCC(NC(=O)CCSCc1csc(C)n1)C(=O)O. The monoisotopic (exact) mass is 314 g/mol. The van der Waals surface area contributed by atoms with Crippen molar-refractivity contribution in [2.75, 3.05) is 5.75 Å². The average Bonchev–Trinajstić information content (AvgIpc) is 2.80. The van der Waals surface area contributed by atoms with Gasteiger partial charge in [0, 0.05) is 23.3 Å². The number of carboxylic acid groups (broad SMARTS) is 1. The van der Waals surface area contributed by atoms with Crippen LogP contribution in [0.4, 0.5) is 0 Å². The summed E-state index contributed by atoms with van der Waals surface area (Å²) in [4.78, 5) is 26.8. The molecule has 20 heavy (non-hydrogen) atoms. The Hall–Kier alpha value is -1.34. The summed E-state index contributed by atoms with van der Waals surface area (Å²) in [7, 11) is 0. The molecule has 1 heterocycles. The molecule has 0 aliphatic rings. The minimum absolute atomic E-state index is 0.228. The predicted molar refractivity (Wildman–Crippen MR) is 82.0 cm³/mol. The summed E-state index contributed by atoms with van der Waals surface area (Å²) >= 11 is 3.22. The van der Waals surface area contributed by atoms with E-state index < -0.39 is 12.0 Å². The van der Waals surface area contributed by atoms with E-state index in [4.69, 9.17) is 5.11 Å². The summed E-state index contributed by atoms with van der Waals surface area (Å²) in [6.07, 6.45) is 2.01. The number of carboxylic acids is 1. The Morgan fingerprint density at radius 3 is 2.95 bits per heavy atom. The van der Waals surface area contributed by atoms with Crippen molar-refractivity contribution in [2.45, 2.75) is 31.6 Å². The first-order valence-electron chi connectivity index (χ1n) is 6.14. The van der Waals surface area contributed by atoms with Crippen LogP contribution in [0.25, 0.3) is 0 Å². The molecule has 1 aromatic rings. The van der Waals surface area contributed by atoms with Crippen LogP contribution >= 0.6 is 23.1 Å². The zero-order valence-electron chi connectivity index (χ0n) is 11.3. The maximum Gasteiger partial charge on any atom is 0.326 e. The number of carbonyl (C=O) groups excluding carboxylic acids is 1. The first-order valence-corrected chi connectivity index (χ1v) is 8.18. The maximum atomic E-state index is 11.6. The van der Waals surface area contributed by atoms with E-state index in [9.17, 15) is 9.59 Å². The lowest BCUT2D eigenvalue weighted by Crippen LogP contribution is -2.40. The second kappa shape index (κ2) is 8.76. The molecule has 0 bridgehead atoms. The maximum absolute atomic E-state index is 11.6. The van der Waals surface area contributed by atoms with Gasteiger partial charge in [0.2, 0.25) is 5.91 Å². The van der Waals surface area contributed by atoms with E-state index in [-0.39, 0.29) is 12.3 Å². The molecular formula is C13H18N2O3S2. The number of amides is 1. The van der Waals surface area contributed by atoms with E-state index >= 15 is 0 Å². The number of nitrogens with zero attached hydrogens (tertiary/aromatic N) is 1. The summed E-state index contributed by atoms with van der Waals surface area (Å²) < 4.78 is 0. The molecule has 1 unspecified atom stereocenters. The van der Waals surface area contributed by atoms with Crippen LogP contribution in [0.5, 0.6) is 0 Å². The Morgan fingerprint density at radius 2 is 2.40 bits per heavy atom. The van der Waals surface area contributed by atoms with Crippen molar-refractivity contribution >= 4 is 35.0 Å². The van der Waals surface area contributed by atoms with Gasteiger partial charge >= 0.3 is 5.97 Å². The van der Waals surface area contributed by atoms with Gasteiger partial charge in [-0.3, -0.25) is 4.79 Å². The van der Waals surface area contributed by atoms with Crippen LogP contribution in [0.3, 0.4) is 0 Å². The highest BCUT2D eigenvalue weighted by atomic mass is 32.2. The molecule has 5 nitrogen and oxygen atoms in total. The van der Waals surface area contributed by atoms with E-state index in [1.807, 2.05) is 12.3 Å². The lowest BCUT2D eigenvalue weighted by Gasteiger charge is -2.12. The fraction of sp³-hybridized carbons (Fsp3) is 0.462. The molecule has 7 heteroatoms. The summed E-state index contributed by atoms with van der Waals surface area (Å²) in [5.41, 5.74) is 1.02.